The van der Waals surface area contributed by atoms with Crippen molar-refractivity contribution in [2.45, 2.75) is 75.5 Å². The minimum atomic E-state index is -3.92. The van der Waals surface area contributed by atoms with Crippen LogP contribution in [-0.2, 0) is 19.6 Å². The van der Waals surface area contributed by atoms with E-state index in [0.717, 1.165) is 10.3 Å². The second-order valence-corrected chi connectivity index (χ2v) is 14.0. The third-order valence-corrected chi connectivity index (χ3v) is 9.40. The Bertz CT molecular complexity index is 1500. The molecule has 1 aromatic heterocycles. The van der Waals surface area contributed by atoms with Crippen LogP contribution >= 0.6 is 11.6 Å². The Labute approximate surface area is 243 Å². The van der Waals surface area contributed by atoms with Gasteiger partial charge in [-0.25, -0.2) is 27.7 Å². The number of imide groups is 1. The monoisotopic (exact) mass is 604 g/mol. The van der Waals surface area contributed by atoms with Crippen LogP contribution in [0.4, 0.5) is 9.59 Å². The summed E-state index contributed by atoms with van der Waals surface area (Å²) in [6, 6.07) is 4.34. The molecule has 0 spiro atoms. The van der Waals surface area contributed by atoms with Crippen LogP contribution in [0.3, 0.4) is 0 Å². The van der Waals surface area contributed by atoms with Gasteiger partial charge < -0.3 is 9.47 Å². The maximum absolute atomic E-state index is 14.0. The van der Waals surface area contributed by atoms with E-state index in [-0.39, 0.29) is 24.8 Å². The van der Waals surface area contributed by atoms with Crippen LogP contribution in [0.1, 0.15) is 46.5 Å². The Morgan fingerprint density at radius 3 is 2.54 bits per heavy atom. The van der Waals surface area contributed by atoms with Gasteiger partial charge in [0, 0.05) is 34.5 Å². The van der Waals surface area contributed by atoms with Crippen LogP contribution in [0.2, 0.25) is 5.02 Å². The molecule has 1 saturated heterocycles. The fourth-order valence-electron chi connectivity index (χ4n) is 4.99. The molecular formula is C28H33ClN4O7S. The zero-order valence-electron chi connectivity index (χ0n) is 23.1. The van der Waals surface area contributed by atoms with Crippen molar-refractivity contribution in [1.82, 2.24) is 19.5 Å². The summed E-state index contributed by atoms with van der Waals surface area (Å²) in [6.45, 7) is 8.85. The average Bonchev–Trinajstić information content (AvgIpc) is 3.81. The third-order valence-electron chi connectivity index (χ3n) is 7.26. The number of carbonyl (C=O) groups excluding carboxylic acids is 3. The van der Waals surface area contributed by atoms with E-state index in [4.69, 9.17) is 21.1 Å². The molecule has 1 N–H and O–H groups in total. The lowest BCUT2D eigenvalue weighted by molar-refractivity contribution is -0.133. The van der Waals surface area contributed by atoms with Crippen LogP contribution in [0.15, 0.2) is 43.1 Å². The predicted molar refractivity (Wildman–Crippen MR) is 152 cm³/mol. The van der Waals surface area contributed by atoms with Crippen LogP contribution in [0.5, 0.6) is 5.88 Å². The van der Waals surface area contributed by atoms with Gasteiger partial charge in [0.25, 0.3) is 5.91 Å². The number of aromatic nitrogens is 1. The lowest BCUT2D eigenvalue weighted by atomic mass is 10.1. The van der Waals surface area contributed by atoms with Crippen molar-refractivity contribution >= 4 is 50.4 Å². The summed E-state index contributed by atoms with van der Waals surface area (Å²) in [5.74, 6) is -0.610. The summed E-state index contributed by atoms with van der Waals surface area (Å²) in [6.07, 6.45) is 3.14. The van der Waals surface area contributed by atoms with Gasteiger partial charge in [0.2, 0.25) is 15.9 Å². The molecule has 3 fully saturated rings. The first-order chi connectivity index (χ1) is 19.3. The summed E-state index contributed by atoms with van der Waals surface area (Å²) >= 11 is 6.34. The lowest BCUT2D eigenvalue weighted by Crippen LogP contribution is -2.55. The number of halogens is 1. The Hall–Kier alpha value is -3.38. The summed E-state index contributed by atoms with van der Waals surface area (Å²) in [4.78, 5) is 47.1. The van der Waals surface area contributed by atoms with Crippen molar-refractivity contribution in [1.29, 1.82) is 0 Å². The van der Waals surface area contributed by atoms with Gasteiger partial charge >= 0.3 is 12.1 Å². The number of amides is 4. The first-order valence-corrected chi connectivity index (χ1v) is 15.4. The zero-order chi connectivity index (χ0) is 29.7. The van der Waals surface area contributed by atoms with Crippen molar-refractivity contribution in [3.05, 3.63) is 48.1 Å². The van der Waals surface area contributed by atoms with Gasteiger partial charge in [-0.05, 0) is 64.2 Å². The van der Waals surface area contributed by atoms with E-state index in [0.29, 0.717) is 29.7 Å². The summed E-state index contributed by atoms with van der Waals surface area (Å²) < 4.78 is 39.0. The maximum atomic E-state index is 14.0. The van der Waals surface area contributed by atoms with Crippen molar-refractivity contribution in [2.24, 2.45) is 5.92 Å². The normalized spacial score (nSPS) is 24.0. The highest BCUT2D eigenvalue weighted by Crippen LogP contribution is 2.39. The number of nitrogens with zero attached hydrogens (tertiary/aromatic N) is 3. The maximum Gasteiger partial charge on any atom is 0.411 e. The first-order valence-electron chi connectivity index (χ1n) is 13.5. The number of carbonyl (C=O) groups is 3. The molecule has 4 unspecified atom stereocenters. The molecule has 1 aliphatic heterocycles. The Balaban J connectivity index is 1.43. The number of hydrogen-bond donors (Lipinski definition) is 1. The summed E-state index contributed by atoms with van der Waals surface area (Å²) in [5.41, 5.74) is -0.850. The molecule has 0 radical (unpaired) electrons. The lowest BCUT2D eigenvalue weighted by Gasteiger charge is -2.30. The molecule has 41 heavy (non-hydrogen) atoms. The van der Waals surface area contributed by atoms with Crippen molar-refractivity contribution in [3.8, 4) is 5.88 Å². The Morgan fingerprint density at radius 1 is 1.17 bits per heavy atom. The summed E-state index contributed by atoms with van der Waals surface area (Å²) in [7, 11) is -3.92. The van der Waals surface area contributed by atoms with E-state index in [1.807, 2.05) is 6.07 Å². The molecule has 13 heteroatoms. The van der Waals surface area contributed by atoms with E-state index in [1.54, 1.807) is 51.2 Å². The predicted octanol–water partition coefficient (Wildman–Crippen LogP) is 4.25. The van der Waals surface area contributed by atoms with Crippen LogP contribution in [0, 0.1) is 5.92 Å². The number of sulfonamides is 1. The average molecular weight is 605 g/mol. The van der Waals surface area contributed by atoms with Crippen molar-refractivity contribution < 1.29 is 32.3 Å². The van der Waals surface area contributed by atoms with Crippen LogP contribution < -0.4 is 9.46 Å². The fourth-order valence-corrected chi connectivity index (χ4v) is 6.49. The number of hydrogen-bond acceptors (Lipinski definition) is 8. The van der Waals surface area contributed by atoms with Gasteiger partial charge in [-0.1, -0.05) is 23.7 Å². The third kappa shape index (κ3) is 6.28. The second kappa shape index (κ2) is 10.8. The SMILES string of the molecule is C=CC1CC1N(C(=O)NS(=O)(=O)C1CC1)C(=O)C1CC(Oc2nccc3c(Cl)cccc23)CN1C(=O)OC(C)(C)C. The van der Waals surface area contributed by atoms with Crippen molar-refractivity contribution in [2.75, 3.05) is 6.54 Å². The molecule has 5 rings (SSSR count). The molecule has 4 atom stereocenters. The van der Waals surface area contributed by atoms with Gasteiger partial charge in [0.05, 0.1) is 11.8 Å². The second-order valence-electron chi connectivity index (χ2n) is 11.6. The molecule has 2 heterocycles. The summed E-state index contributed by atoms with van der Waals surface area (Å²) in [5, 5.41) is 1.27. The van der Waals surface area contributed by atoms with E-state index in [9.17, 15) is 22.8 Å². The van der Waals surface area contributed by atoms with Gasteiger partial charge in [-0.3, -0.25) is 14.6 Å². The van der Waals surface area contributed by atoms with Crippen LogP contribution in [0.25, 0.3) is 10.8 Å². The highest BCUT2D eigenvalue weighted by Gasteiger charge is 2.52. The molecule has 2 aliphatic carbocycles. The largest absolute Gasteiger partial charge is 0.472 e. The minimum Gasteiger partial charge on any atom is -0.472 e. The number of rotatable bonds is 7. The number of nitrogens with one attached hydrogen (secondary N) is 1. The highest BCUT2D eigenvalue weighted by atomic mass is 35.5. The zero-order valence-corrected chi connectivity index (χ0v) is 24.7. The Kier molecular flexibility index (Phi) is 7.66. The molecule has 4 amide bonds. The number of ether oxygens (including phenoxy) is 2. The molecule has 3 aliphatic rings. The minimum absolute atomic E-state index is 0.0185. The fraction of sp³-hybridized carbons (Fsp3) is 0.500. The van der Waals surface area contributed by atoms with E-state index in [2.05, 4.69) is 16.3 Å². The van der Waals surface area contributed by atoms with E-state index in [1.165, 1.54) is 4.90 Å². The van der Waals surface area contributed by atoms with Crippen LogP contribution in [-0.4, -0.2) is 76.8 Å². The van der Waals surface area contributed by atoms with Gasteiger partial charge in [0.1, 0.15) is 17.7 Å². The number of benzene rings is 1. The molecule has 2 saturated carbocycles. The molecule has 1 aromatic carbocycles. The molecule has 220 valence electrons. The van der Waals surface area contributed by atoms with Crippen molar-refractivity contribution in [3.63, 3.8) is 0 Å². The number of fused-ring (bicyclic) bond motifs is 1. The number of urea groups is 1. The van der Waals surface area contributed by atoms with Gasteiger partial charge in [0.15, 0.2) is 0 Å². The van der Waals surface area contributed by atoms with E-state index >= 15 is 0 Å². The first kappa shape index (κ1) is 29.1. The van der Waals surface area contributed by atoms with Gasteiger partial charge in [-0.2, -0.15) is 0 Å². The highest BCUT2D eigenvalue weighted by molar-refractivity contribution is 7.90. The Morgan fingerprint density at radius 2 is 1.90 bits per heavy atom. The molecular weight excluding hydrogens is 572 g/mol. The standard InChI is InChI=1S/C28H33ClN4O7S/c1-5-16-13-22(16)33(26(35)31-41(37,38)18-9-10-18)25(34)23-14-17(15-32(23)27(36)40-28(2,3)4)39-24-20-7-6-8-21(29)19(20)11-12-30-24/h5-8,11-12,16-18,22-23H,1,9-10,13-15H2,2-4H3,(H,31,35). The molecule has 11 nitrogen and oxygen atoms in total. The van der Waals surface area contributed by atoms with E-state index < -0.39 is 57.1 Å². The topological polar surface area (TPSA) is 135 Å². The number of likely N-dealkylation sites (tertiary alicyclic amines) is 1. The number of pyridine rings is 1. The smallest absolute Gasteiger partial charge is 0.411 e. The van der Waals surface area contributed by atoms with Gasteiger partial charge in [-0.15, -0.1) is 6.58 Å². The quantitative estimate of drug-likeness (QED) is 0.463. The molecule has 0 bridgehead atoms. The molecule has 2 aromatic rings.